The van der Waals surface area contributed by atoms with E-state index in [0.29, 0.717) is 36.7 Å². The van der Waals surface area contributed by atoms with Gasteiger partial charge in [0.1, 0.15) is 0 Å². The Bertz CT molecular complexity index is 1280. The van der Waals surface area contributed by atoms with Gasteiger partial charge in [-0.05, 0) is 0 Å². The number of anilines is 3. The number of carbonyl (C=O) groups is 1. The molecule has 12 heteroatoms. The molecule has 3 aromatic rings. The van der Waals surface area contributed by atoms with Crippen molar-refractivity contribution in [2.75, 3.05) is 49.2 Å². The number of likely N-dealkylation sites (N-methyl/N-ethyl adjacent to an activating group) is 1. The molecule has 2 atom stereocenters. The van der Waals surface area contributed by atoms with E-state index >= 15 is 0 Å². The summed E-state index contributed by atoms with van der Waals surface area (Å²) in [6.45, 7) is 2.36. The second-order valence-electron chi connectivity index (χ2n) is 8.32. The molecule has 1 fully saturated rings. The van der Waals surface area contributed by atoms with Crippen molar-refractivity contribution in [1.29, 1.82) is 5.26 Å². The number of nitrogen functional groups attached to an aromatic ring is 1. The molecule has 5 N–H and O–H groups in total. The molecule has 1 aliphatic heterocycles. The Morgan fingerprint density at radius 2 is 1.97 bits per heavy atom. The van der Waals surface area contributed by atoms with Crippen LogP contribution in [0.25, 0.3) is 11.3 Å². The molecule has 4 rings (SSSR count). The average Bonchev–Trinajstić information content (AvgIpc) is 2.87. The summed E-state index contributed by atoms with van der Waals surface area (Å²) in [4.78, 5) is 25.6. The number of quaternary nitrogens is 1. The molecule has 0 spiro atoms. The fourth-order valence-corrected chi connectivity index (χ4v) is 5.77. The van der Waals surface area contributed by atoms with Crippen LogP contribution in [0.5, 0.6) is 0 Å². The van der Waals surface area contributed by atoms with Crippen LogP contribution < -0.4 is 25.7 Å². The molecule has 11 nitrogen and oxygen atoms in total. The summed E-state index contributed by atoms with van der Waals surface area (Å²) in [5.74, 6) is 0.742. The molecule has 2 aromatic heterocycles. The van der Waals surface area contributed by atoms with E-state index in [1.165, 1.54) is 6.07 Å². The van der Waals surface area contributed by atoms with Crippen LogP contribution in [-0.2, 0) is 4.79 Å². The van der Waals surface area contributed by atoms with E-state index in [1.807, 2.05) is 36.2 Å². The van der Waals surface area contributed by atoms with E-state index in [0.717, 1.165) is 27.5 Å². The molecular formula is C24H27AsN8O3. The number of carbonyl (C=O) groups excluding carboxylic acids is 1. The average molecular weight is 550 g/mol. The zero-order chi connectivity index (χ0) is 25.7. The van der Waals surface area contributed by atoms with Gasteiger partial charge in [0.25, 0.3) is 0 Å². The van der Waals surface area contributed by atoms with Crippen LogP contribution >= 0.6 is 0 Å². The van der Waals surface area contributed by atoms with Gasteiger partial charge in [-0.3, -0.25) is 0 Å². The Morgan fingerprint density at radius 3 is 2.64 bits per heavy atom. The van der Waals surface area contributed by atoms with Gasteiger partial charge in [-0.25, -0.2) is 0 Å². The van der Waals surface area contributed by atoms with Crippen molar-refractivity contribution in [1.82, 2.24) is 14.9 Å². The van der Waals surface area contributed by atoms with E-state index in [9.17, 15) is 10.0 Å². The predicted molar refractivity (Wildman–Crippen MR) is 139 cm³/mol. The molecule has 0 saturated carbocycles. The fourth-order valence-electron chi connectivity index (χ4n) is 3.86. The molecule has 1 amide bonds. The second kappa shape index (κ2) is 11.5. The van der Waals surface area contributed by atoms with Gasteiger partial charge >= 0.3 is 216 Å². The molecule has 0 aliphatic carbocycles. The number of piperazine rings is 1. The standard InChI is InChI=1S/C24H27AsN8O3/c1-31-12-13-32(22(34)15-31)18-7-9-21(30-23(18)17-4-2-16(14-26)3-5-17)28-11-10-25-20-8-6-19(33(35)36)24(27)29-20/h2-9,25,33,35H,10-13,15H2,1H3,(H2,27,29)(H,28,30). The van der Waals surface area contributed by atoms with Crippen molar-refractivity contribution in [2.24, 2.45) is 0 Å². The molecule has 1 aromatic carbocycles. The Balaban J connectivity index is 1.49. The first-order valence-electron chi connectivity index (χ1n) is 11.3. The summed E-state index contributed by atoms with van der Waals surface area (Å²) < 4.78 is 0.842. The monoisotopic (exact) mass is 550 g/mol. The maximum atomic E-state index is 12.8. The summed E-state index contributed by atoms with van der Waals surface area (Å²) in [6.07, 6.45) is 0. The zero-order valence-electron chi connectivity index (χ0n) is 19.7. The minimum absolute atomic E-state index is 0.0157. The Hall–Kier alpha value is -3.52. The third kappa shape index (κ3) is 5.99. The van der Waals surface area contributed by atoms with E-state index in [2.05, 4.69) is 16.4 Å². The van der Waals surface area contributed by atoms with Crippen molar-refractivity contribution in [2.45, 2.75) is 5.21 Å². The van der Waals surface area contributed by atoms with Crippen LogP contribution in [0.3, 0.4) is 0 Å². The number of rotatable bonds is 8. The van der Waals surface area contributed by atoms with E-state index in [4.69, 9.17) is 21.2 Å². The van der Waals surface area contributed by atoms with Gasteiger partial charge < -0.3 is 0 Å². The zero-order valence-corrected chi connectivity index (χ0v) is 21.8. The van der Waals surface area contributed by atoms with Crippen molar-refractivity contribution in [3.63, 3.8) is 0 Å². The number of hydrogen-bond donors (Lipinski definition) is 4. The minimum atomic E-state index is -1.08. The van der Waals surface area contributed by atoms with Crippen molar-refractivity contribution < 1.29 is 15.2 Å². The van der Waals surface area contributed by atoms with Gasteiger partial charge in [0.2, 0.25) is 0 Å². The molecule has 186 valence electrons. The topological polar surface area (TPSA) is 159 Å². The van der Waals surface area contributed by atoms with E-state index in [1.54, 1.807) is 23.1 Å². The molecular weight excluding hydrogens is 523 g/mol. The first-order valence-corrected chi connectivity index (χ1v) is 13.9. The van der Waals surface area contributed by atoms with Crippen LogP contribution in [0.15, 0.2) is 48.5 Å². The molecule has 0 bridgehead atoms. The summed E-state index contributed by atoms with van der Waals surface area (Å²) in [6, 6.07) is 16.3. The van der Waals surface area contributed by atoms with Gasteiger partial charge in [-0.1, -0.05) is 0 Å². The Morgan fingerprint density at radius 1 is 1.19 bits per heavy atom. The van der Waals surface area contributed by atoms with Crippen molar-refractivity contribution in [3.05, 3.63) is 59.3 Å². The van der Waals surface area contributed by atoms with Gasteiger partial charge in [0.05, 0.1) is 0 Å². The van der Waals surface area contributed by atoms with E-state index in [-0.39, 0.29) is 17.4 Å². The quantitative estimate of drug-likeness (QED) is 0.170. The van der Waals surface area contributed by atoms with Gasteiger partial charge in [0, 0.05) is 0 Å². The summed E-state index contributed by atoms with van der Waals surface area (Å²) >= 11 is -0.618. The first-order chi connectivity index (χ1) is 17.4. The number of nitriles is 1. The number of aromatic nitrogens is 2. The first kappa shape index (κ1) is 25.6. The predicted octanol–water partition coefficient (Wildman–Crippen LogP) is -0.129. The molecule has 3 heterocycles. The van der Waals surface area contributed by atoms with Crippen LogP contribution in [-0.4, -0.2) is 75.0 Å². The molecule has 1 saturated heterocycles. The van der Waals surface area contributed by atoms with Crippen LogP contribution in [0, 0.1) is 16.5 Å². The normalized spacial score (nSPS) is 15.3. The number of amides is 1. The number of nitrogens with one attached hydrogen (secondary N) is 2. The molecule has 36 heavy (non-hydrogen) atoms. The number of nitrogens with two attached hydrogens (primary N) is 1. The van der Waals surface area contributed by atoms with Crippen LogP contribution in [0.4, 0.5) is 23.0 Å². The third-order valence-electron chi connectivity index (χ3n) is 5.76. The fraction of sp³-hybridized carbons (Fsp3) is 0.250. The van der Waals surface area contributed by atoms with Crippen molar-refractivity contribution in [3.8, 4) is 17.3 Å². The SMILES string of the molecule is CN1CCN(c2ccc(NCC[AsH]c3ccc([NH+]([O-])O)c(N)n3)nc2-c2ccc(C#N)cc2)C(=O)C1. The molecule has 0 radical (unpaired) electrons. The summed E-state index contributed by atoms with van der Waals surface area (Å²) in [5, 5.41) is 32.5. The number of pyridine rings is 2. The van der Waals surface area contributed by atoms with E-state index < -0.39 is 21.0 Å². The summed E-state index contributed by atoms with van der Waals surface area (Å²) in [5.41, 5.74) is 8.57. The van der Waals surface area contributed by atoms with Crippen molar-refractivity contribution >= 4 is 49.2 Å². The maximum absolute atomic E-state index is 12.8. The number of benzene rings is 1. The van der Waals surface area contributed by atoms with Crippen LogP contribution in [0.1, 0.15) is 5.56 Å². The van der Waals surface area contributed by atoms with Crippen LogP contribution in [0.2, 0.25) is 5.21 Å². The molecule has 1 aliphatic rings. The number of hydrogen-bond acceptors (Lipinski definition) is 9. The summed E-state index contributed by atoms with van der Waals surface area (Å²) in [7, 11) is 1.93. The van der Waals surface area contributed by atoms with Gasteiger partial charge in [0.15, 0.2) is 0 Å². The second-order valence-corrected chi connectivity index (χ2v) is 11.2. The van der Waals surface area contributed by atoms with Gasteiger partial charge in [-0.15, -0.1) is 0 Å². The van der Waals surface area contributed by atoms with Gasteiger partial charge in [-0.2, -0.15) is 0 Å². The Labute approximate surface area is 215 Å². The Kier molecular flexibility index (Phi) is 8.15. The number of nitrogens with zero attached hydrogens (tertiary/aromatic N) is 5. The molecule has 2 unspecified atom stereocenters. The third-order valence-corrected chi connectivity index (χ3v) is 8.15.